The predicted octanol–water partition coefficient (Wildman–Crippen LogP) is 1.83. The third-order valence-corrected chi connectivity index (χ3v) is 3.65. The third-order valence-electron chi connectivity index (χ3n) is 2.81. The van der Waals surface area contributed by atoms with Gasteiger partial charge in [0.05, 0.1) is 5.75 Å². The molecule has 0 saturated carbocycles. The van der Waals surface area contributed by atoms with Crippen molar-refractivity contribution in [1.29, 1.82) is 0 Å². The van der Waals surface area contributed by atoms with Crippen molar-refractivity contribution in [3.8, 4) is 11.5 Å². The Balaban J connectivity index is 1.95. The van der Waals surface area contributed by atoms with E-state index in [0.29, 0.717) is 16.7 Å². The average Bonchev–Trinajstić information content (AvgIpc) is 2.96. The number of nitrogens with zero attached hydrogens (tertiary/aromatic N) is 4. The number of carbonyl (C=O) groups is 1. The molecule has 2 heterocycles. The van der Waals surface area contributed by atoms with Gasteiger partial charge >= 0.3 is 0 Å². The minimum absolute atomic E-state index is 0.101. The van der Waals surface area contributed by atoms with Gasteiger partial charge in [-0.15, -0.1) is 5.10 Å². The van der Waals surface area contributed by atoms with Crippen LogP contribution in [0.3, 0.4) is 0 Å². The number of amides is 1. The average molecular weight is 291 g/mol. The molecule has 0 fully saturated rings. The van der Waals surface area contributed by atoms with Gasteiger partial charge in [0.1, 0.15) is 5.69 Å². The molecule has 0 radical (unpaired) electrons. The van der Waals surface area contributed by atoms with Crippen LogP contribution >= 0.6 is 11.8 Å². The summed E-state index contributed by atoms with van der Waals surface area (Å²) in [6.45, 7) is 5.39. The van der Waals surface area contributed by atoms with Gasteiger partial charge in [-0.05, 0) is 26.0 Å². The fraction of sp³-hybridized carbons (Fsp3) is 0.385. The summed E-state index contributed by atoms with van der Waals surface area (Å²) in [5.41, 5.74) is 0.738. The Morgan fingerprint density at radius 2 is 2.15 bits per heavy atom. The first-order valence-corrected chi connectivity index (χ1v) is 7.47. The number of carbonyl (C=O) groups excluding carboxylic acids is 1. The van der Waals surface area contributed by atoms with Gasteiger partial charge in [0, 0.05) is 19.3 Å². The van der Waals surface area contributed by atoms with Crippen LogP contribution in [0.1, 0.15) is 13.8 Å². The minimum atomic E-state index is 0.101. The third kappa shape index (κ3) is 3.57. The van der Waals surface area contributed by atoms with Gasteiger partial charge in [-0.1, -0.05) is 17.8 Å². The zero-order valence-corrected chi connectivity index (χ0v) is 12.4. The largest absolute Gasteiger partial charge is 0.343 e. The number of rotatable bonds is 6. The number of aromatic amines is 1. The van der Waals surface area contributed by atoms with Crippen LogP contribution in [0.25, 0.3) is 11.5 Å². The van der Waals surface area contributed by atoms with Crippen LogP contribution in [-0.2, 0) is 4.79 Å². The van der Waals surface area contributed by atoms with E-state index >= 15 is 0 Å². The maximum absolute atomic E-state index is 11.9. The molecule has 0 atom stereocenters. The first-order valence-electron chi connectivity index (χ1n) is 6.49. The predicted molar refractivity (Wildman–Crippen MR) is 78.3 cm³/mol. The Hall–Kier alpha value is -1.89. The number of aromatic nitrogens is 4. The van der Waals surface area contributed by atoms with Crippen molar-refractivity contribution in [2.45, 2.75) is 19.0 Å². The van der Waals surface area contributed by atoms with Crippen LogP contribution in [0.2, 0.25) is 0 Å². The van der Waals surface area contributed by atoms with E-state index < -0.39 is 0 Å². The zero-order valence-electron chi connectivity index (χ0n) is 11.5. The fourth-order valence-corrected chi connectivity index (χ4v) is 2.42. The van der Waals surface area contributed by atoms with Crippen LogP contribution in [-0.4, -0.2) is 49.8 Å². The van der Waals surface area contributed by atoms with Crippen molar-refractivity contribution in [3.05, 3.63) is 24.4 Å². The van der Waals surface area contributed by atoms with E-state index in [-0.39, 0.29) is 5.91 Å². The molecule has 0 unspecified atom stereocenters. The summed E-state index contributed by atoms with van der Waals surface area (Å²) < 4.78 is 0. The van der Waals surface area contributed by atoms with Gasteiger partial charge in [0.2, 0.25) is 11.1 Å². The zero-order chi connectivity index (χ0) is 14.4. The molecule has 1 amide bonds. The molecule has 0 spiro atoms. The molecule has 0 aliphatic heterocycles. The second-order valence-electron chi connectivity index (χ2n) is 4.04. The highest BCUT2D eigenvalue weighted by molar-refractivity contribution is 7.99. The molecule has 106 valence electrons. The lowest BCUT2D eigenvalue weighted by Crippen LogP contribution is -2.31. The summed E-state index contributed by atoms with van der Waals surface area (Å²) in [6.07, 6.45) is 1.70. The Bertz CT molecular complexity index is 553. The number of thioether (sulfide) groups is 1. The molecule has 2 aromatic heterocycles. The molecule has 2 rings (SSSR count). The molecule has 20 heavy (non-hydrogen) atoms. The summed E-state index contributed by atoms with van der Waals surface area (Å²) >= 11 is 1.33. The SMILES string of the molecule is CCN(CC)C(=O)CSc1n[nH]c(-c2ccccn2)n1. The maximum atomic E-state index is 11.9. The van der Waals surface area contributed by atoms with Crippen molar-refractivity contribution in [3.63, 3.8) is 0 Å². The van der Waals surface area contributed by atoms with E-state index in [1.165, 1.54) is 11.8 Å². The van der Waals surface area contributed by atoms with Crippen molar-refractivity contribution in [2.24, 2.45) is 0 Å². The second-order valence-corrected chi connectivity index (χ2v) is 4.98. The molecule has 0 aliphatic rings. The number of hydrogen-bond donors (Lipinski definition) is 1. The highest BCUT2D eigenvalue weighted by atomic mass is 32.2. The van der Waals surface area contributed by atoms with Crippen molar-refractivity contribution in [2.75, 3.05) is 18.8 Å². The number of pyridine rings is 1. The van der Waals surface area contributed by atoms with Gasteiger partial charge in [-0.25, -0.2) is 0 Å². The topological polar surface area (TPSA) is 74.8 Å². The maximum Gasteiger partial charge on any atom is 0.233 e. The summed E-state index contributed by atoms with van der Waals surface area (Å²) in [6, 6.07) is 5.59. The molecule has 7 heteroatoms. The number of nitrogens with one attached hydrogen (secondary N) is 1. The summed E-state index contributed by atoms with van der Waals surface area (Å²) in [7, 11) is 0. The molecule has 2 aromatic rings. The van der Waals surface area contributed by atoms with Crippen LogP contribution in [0, 0.1) is 0 Å². The van der Waals surface area contributed by atoms with E-state index in [2.05, 4.69) is 20.2 Å². The van der Waals surface area contributed by atoms with Gasteiger partial charge in [-0.2, -0.15) is 4.98 Å². The Morgan fingerprint density at radius 1 is 1.35 bits per heavy atom. The van der Waals surface area contributed by atoms with E-state index in [1.54, 1.807) is 11.1 Å². The highest BCUT2D eigenvalue weighted by Gasteiger charge is 2.12. The van der Waals surface area contributed by atoms with E-state index in [9.17, 15) is 4.79 Å². The molecule has 0 saturated heterocycles. The summed E-state index contributed by atoms with van der Waals surface area (Å²) in [5, 5.41) is 7.49. The summed E-state index contributed by atoms with van der Waals surface area (Å²) in [4.78, 5) is 22.2. The smallest absolute Gasteiger partial charge is 0.233 e. The van der Waals surface area contributed by atoms with Crippen LogP contribution in [0.15, 0.2) is 29.6 Å². The van der Waals surface area contributed by atoms with Crippen LogP contribution in [0.5, 0.6) is 0 Å². The lowest BCUT2D eigenvalue weighted by molar-refractivity contribution is -0.127. The molecule has 6 nitrogen and oxygen atoms in total. The molecular formula is C13H17N5OS. The standard InChI is InChI=1S/C13H17N5OS/c1-3-18(4-2)11(19)9-20-13-15-12(16-17-13)10-7-5-6-8-14-10/h5-8H,3-4,9H2,1-2H3,(H,15,16,17). The minimum Gasteiger partial charge on any atom is -0.343 e. The van der Waals surface area contributed by atoms with Gasteiger partial charge in [0.15, 0.2) is 5.82 Å². The van der Waals surface area contributed by atoms with E-state index in [1.807, 2.05) is 32.0 Å². The molecule has 1 N–H and O–H groups in total. The Morgan fingerprint density at radius 3 is 2.80 bits per heavy atom. The van der Waals surface area contributed by atoms with E-state index in [4.69, 9.17) is 0 Å². The highest BCUT2D eigenvalue weighted by Crippen LogP contribution is 2.17. The lowest BCUT2D eigenvalue weighted by Gasteiger charge is -2.17. The quantitative estimate of drug-likeness (QED) is 0.822. The Kier molecular flexibility index (Phi) is 5.11. The fourth-order valence-electron chi connectivity index (χ4n) is 1.72. The lowest BCUT2D eigenvalue weighted by atomic mass is 10.3. The van der Waals surface area contributed by atoms with Gasteiger partial charge < -0.3 is 4.90 Å². The van der Waals surface area contributed by atoms with Crippen LogP contribution < -0.4 is 0 Å². The monoisotopic (exact) mass is 291 g/mol. The van der Waals surface area contributed by atoms with Crippen molar-refractivity contribution >= 4 is 17.7 Å². The number of H-pyrrole nitrogens is 1. The van der Waals surface area contributed by atoms with Crippen LogP contribution in [0.4, 0.5) is 0 Å². The number of hydrogen-bond acceptors (Lipinski definition) is 5. The van der Waals surface area contributed by atoms with Gasteiger partial charge in [-0.3, -0.25) is 14.9 Å². The Labute approximate surface area is 122 Å². The first-order chi connectivity index (χ1) is 9.74. The normalized spacial score (nSPS) is 10.5. The van der Waals surface area contributed by atoms with Crippen molar-refractivity contribution in [1.82, 2.24) is 25.1 Å². The molecule has 0 aliphatic carbocycles. The van der Waals surface area contributed by atoms with E-state index in [0.717, 1.165) is 18.8 Å². The molecular weight excluding hydrogens is 274 g/mol. The summed E-state index contributed by atoms with van der Waals surface area (Å²) in [5.74, 6) is 1.06. The van der Waals surface area contributed by atoms with Crippen molar-refractivity contribution < 1.29 is 4.79 Å². The first kappa shape index (κ1) is 14.5. The van der Waals surface area contributed by atoms with Gasteiger partial charge in [0.25, 0.3) is 0 Å². The molecule has 0 aromatic carbocycles. The molecule has 0 bridgehead atoms. The second kappa shape index (κ2) is 7.04.